The number of fused-ring (bicyclic) bond motifs is 2. The van der Waals surface area contributed by atoms with Gasteiger partial charge in [-0.25, -0.2) is 0 Å². The Morgan fingerprint density at radius 2 is 1.93 bits per heavy atom. The van der Waals surface area contributed by atoms with Crippen LogP contribution in [0.5, 0.6) is 11.5 Å². The minimum atomic E-state index is -0.691. The van der Waals surface area contributed by atoms with Crippen molar-refractivity contribution in [3.63, 3.8) is 0 Å². The van der Waals surface area contributed by atoms with Crippen LogP contribution in [0.4, 0.5) is 0 Å². The van der Waals surface area contributed by atoms with E-state index in [2.05, 4.69) is 10.9 Å². The molecule has 1 saturated heterocycles. The smallest absolute Gasteiger partial charge is 0.252 e. The number of amides is 2. The molecule has 2 amide bonds. The lowest BCUT2D eigenvalue weighted by atomic mass is 10.1. The van der Waals surface area contributed by atoms with Crippen LogP contribution in [0, 0.1) is 0 Å². The molecule has 1 fully saturated rings. The van der Waals surface area contributed by atoms with Crippen molar-refractivity contribution >= 4 is 50.9 Å². The molecule has 220 valence electrons. The number of nitrogens with one attached hydrogen (secondary N) is 2. The van der Waals surface area contributed by atoms with E-state index < -0.39 is 12.0 Å². The van der Waals surface area contributed by atoms with Gasteiger partial charge in [-0.15, -0.1) is 0 Å². The highest BCUT2D eigenvalue weighted by atomic mass is 35.5. The molecule has 12 heteroatoms. The SMILES string of the molecule is NC(=O)c1cc2cc(Cl)ccc2cc1OCC(=O)c1cn(CCN2C[C@H](O)CC2=O)c2cc(OC3=CC=CNN3)ccc12. The van der Waals surface area contributed by atoms with Gasteiger partial charge >= 0.3 is 0 Å². The molecule has 1 atom stereocenters. The van der Waals surface area contributed by atoms with Crippen LogP contribution >= 0.6 is 11.6 Å². The van der Waals surface area contributed by atoms with Crippen molar-refractivity contribution in [1.82, 2.24) is 20.3 Å². The van der Waals surface area contributed by atoms with Crippen LogP contribution < -0.4 is 26.1 Å². The fraction of sp³-hybridized carbons (Fsp3) is 0.194. The summed E-state index contributed by atoms with van der Waals surface area (Å²) in [6.07, 6.45) is 6.41. The number of ketones is 1. The van der Waals surface area contributed by atoms with Crippen molar-refractivity contribution in [1.29, 1.82) is 0 Å². The summed E-state index contributed by atoms with van der Waals surface area (Å²) in [5, 5.41) is 12.6. The fourth-order valence-electron chi connectivity index (χ4n) is 5.24. The van der Waals surface area contributed by atoms with Crippen LogP contribution in [0.2, 0.25) is 5.02 Å². The van der Waals surface area contributed by atoms with Gasteiger partial charge in [0.05, 0.1) is 23.6 Å². The lowest BCUT2D eigenvalue weighted by Crippen LogP contribution is -2.30. The zero-order valence-electron chi connectivity index (χ0n) is 22.9. The van der Waals surface area contributed by atoms with Gasteiger partial charge < -0.3 is 35.2 Å². The summed E-state index contributed by atoms with van der Waals surface area (Å²) in [4.78, 5) is 39.6. The number of carbonyl (C=O) groups excluding carboxylic acids is 3. The summed E-state index contributed by atoms with van der Waals surface area (Å²) in [5.41, 5.74) is 12.6. The predicted molar refractivity (Wildman–Crippen MR) is 161 cm³/mol. The fourth-order valence-corrected chi connectivity index (χ4v) is 5.42. The first-order chi connectivity index (χ1) is 20.7. The molecule has 0 saturated carbocycles. The second-order valence-electron chi connectivity index (χ2n) is 10.3. The molecule has 3 heterocycles. The molecule has 43 heavy (non-hydrogen) atoms. The number of aliphatic hydroxyl groups excluding tert-OH is 1. The van der Waals surface area contributed by atoms with Gasteiger partial charge in [0.1, 0.15) is 11.5 Å². The monoisotopic (exact) mass is 601 g/mol. The van der Waals surface area contributed by atoms with Crippen LogP contribution in [0.25, 0.3) is 21.7 Å². The Bertz CT molecular complexity index is 1830. The van der Waals surface area contributed by atoms with Crippen molar-refractivity contribution in [2.75, 3.05) is 19.7 Å². The van der Waals surface area contributed by atoms with Gasteiger partial charge in [-0.2, -0.15) is 0 Å². The minimum Gasteiger partial charge on any atom is -0.485 e. The molecule has 2 aliphatic rings. The van der Waals surface area contributed by atoms with Crippen LogP contribution in [-0.4, -0.2) is 58.0 Å². The Morgan fingerprint density at radius 3 is 2.67 bits per heavy atom. The molecule has 0 radical (unpaired) electrons. The lowest BCUT2D eigenvalue weighted by molar-refractivity contribution is -0.127. The Balaban J connectivity index is 1.28. The van der Waals surface area contributed by atoms with E-state index in [-0.39, 0.29) is 42.6 Å². The van der Waals surface area contributed by atoms with E-state index in [1.54, 1.807) is 71.9 Å². The number of aromatic nitrogens is 1. The summed E-state index contributed by atoms with van der Waals surface area (Å²) < 4.78 is 13.7. The Morgan fingerprint density at radius 1 is 1.07 bits per heavy atom. The summed E-state index contributed by atoms with van der Waals surface area (Å²) in [6.45, 7) is 0.672. The van der Waals surface area contributed by atoms with E-state index in [9.17, 15) is 19.5 Å². The molecule has 3 aromatic carbocycles. The molecule has 5 N–H and O–H groups in total. The maximum atomic E-state index is 13.6. The number of aliphatic hydroxyl groups is 1. The van der Waals surface area contributed by atoms with Crippen molar-refractivity contribution in [3.8, 4) is 11.5 Å². The first-order valence-corrected chi connectivity index (χ1v) is 14.0. The average Bonchev–Trinajstić information content (AvgIpc) is 3.52. The van der Waals surface area contributed by atoms with E-state index in [1.807, 2.05) is 10.6 Å². The maximum absolute atomic E-state index is 13.6. The number of halogens is 1. The summed E-state index contributed by atoms with van der Waals surface area (Å²) in [7, 11) is 0. The second-order valence-corrected chi connectivity index (χ2v) is 10.7. The molecular weight excluding hydrogens is 574 g/mol. The predicted octanol–water partition coefficient (Wildman–Crippen LogP) is 3.24. The van der Waals surface area contributed by atoms with Crippen molar-refractivity contribution in [2.45, 2.75) is 19.1 Å². The second kappa shape index (κ2) is 11.7. The number of hydrazine groups is 1. The Hall–Kier alpha value is -5.00. The number of primary amides is 1. The van der Waals surface area contributed by atoms with Crippen molar-refractivity contribution < 1.29 is 29.0 Å². The third kappa shape index (κ3) is 5.99. The zero-order chi connectivity index (χ0) is 30.1. The first kappa shape index (κ1) is 28.1. The number of carbonyl (C=O) groups is 3. The largest absolute Gasteiger partial charge is 0.485 e. The van der Waals surface area contributed by atoms with E-state index >= 15 is 0 Å². The molecule has 0 aliphatic carbocycles. The number of hydrogen-bond acceptors (Lipinski definition) is 8. The number of rotatable bonds is 10. The normalized spacial score (nSPS) is 16.2. The van der Waals surface area contributed by atoms with Crippen LogP contribution in [0.3, 0.4) is 0 Å². The third-order valence-corrected chi connectivity index (χ3v) is 7.57. The molecule has 4 aromatic rings. The number of nitrogens with two attached hydrogens (primary N) is 1. The zero-order valence-corrected chi connectivity index (χ0v) is 23.6. The highest BCUT2D eigenvalue weighted by molar-refractivity contribution is 6.31. The quantitative estimate of drug-likeness (QED) is 0.203. The van der Waals surface area contributed by atoms with Crippen LogP contribution in [-0.2, 0) is 11.3 Å². The van der Waals surface area contributed by atoms with Gasteiger partial charge in [0, 0.05) is 60.1 Å². The summed E-state index contributed by atoms with van der Waals surface area (Å²) in [6, 6.07) is 13.8. The van der Waals surface area contributed by atoms with E-state index in [4.69, 9.17) is 26.8 Å². The molecule has 0 bridgehead atoms. The van der Waals surface area contributed by atoms with Gasteiger partial charge in [-0.3, -0.25) is 19.8 Å². The van der Waals surface area contributed by atoms with E-state index in [1.165, 1.54) is 0 Å². The number of likely N-dealkylation sites (tertiary alicyclic amines) is 1. The Kier molecular flexibility index (Phi) is 7.66. The number of β-amino-alcohol motifs (C(OH)–C–C–N with tert-alkyl or cyclic N) is 1. The van der Waals surface area contributed by atoms with E-state index in [0.29, 0.717) is 46.2 Å². The van der Waals surface area contributed by atoms with E-state index in [0.717, 1.165) is 10.8 Å². The summed E-state index contributed by atoms with van der Waals surface area (Å²) >= 11 is 6.10. The topological polar surface area (TPSA) is 148 Å². The molecule has 1 aromatic heterocycles. The van der Waals surface area contributed by atoms with Gasteiger partial charge in [0.15, 0.2) is 6.61 Å². The number of benzene rings is 3. The molecule has 6 rings (SSSR count). The molecule has 0 unspecified atom stereocenters. The van der Waals surface area contributed by atoms with Crippen LogP contribution in [0.1, 0.15) is 27.1 Å². The number of nitrogens with zero attached hydrogens (tertiary/aromatic N) is 2. The molecule has 11 nitrogen and oxygen atoms in total. The lowest BCUT2D eigenvalue weighted by Gasteiger charge is -2.17. The van der Waals surface area contributed by atoms with Gasteiger partial charge in [-0.05, 0) is 53.2 Å². The average molecular weight is 602 g/mol. The summed E-state index contributed by atoms with van der Waals surface area (Å²) in [5.74, 6) is 0.0942. The van der Waals surface area contributed by atoms with Crippen molar-refractivity contribution in [2.24, 2.45) is 5.73 Å². The number of hydrogen-bond donors (Lipinski definition) is 4. The number of Topliss-reactive ketones (excluding diaryl/α,β-unsaturated/α-hetero) is 1. The highest BCUT2D eigenvalue weighted by Gasteiger charge is 2.28. The third-order valence-electron chi connectivity index (χ3n) is 7.33. The standard InChI is InChI=1S/C31H28ClN5O6/c32-20-4-3-18-12-28(24(31(33)41)11-19(18)10-20)42-17-27(39)25-16-36(8-9-37-15-21(38)13-30(37)40)26-14-22(5-6-23(25)26)43-29-2-1-7-34-35-29/h1-7,10-12,14,16,21,34-35,38H,8-9,13,15,17H2,(H2,33,41)/t21-/m1/s1. The van der Waals surface area contributed by atoms with Gasteiger partial charge in [0.2, 0.25) is 17.6 Å². The van der Waals surface area contributed by atoms with Gasteiger partial charge in [0.25, 0.3) is 5.91 Å². The number of allylic oxidation sites excluding steroid dienone is 2. The maximum Gasteiger partial charge on any atom is 0.252 e. The minimum absolute atomic E-state index is 0.102. The highest BCUT2D eigenvalue weighted by Crippen LogP contribution is 2.30. The molecule has 0 spiro atoms. The van der Waals surface area contributed by atoms with Crippen molar-refractivity contribution in [3.05, 3.63) is 95.1 Å². The number of ether oxygens (including phenoxy) is 2. The molecule has 2 aliphatic heterocycles. The van der Waals surface area contributed by atoms with Gasteiger partial charge in [-0.1, -0.05) is 17.7 Å². The molecular formula is C31H28ClN5O6. The Labute approximate surface area is 251 Å². The first-order valence-electron chi connectivity index (χ1n) is 13.6. The van der Waals surface area contributed by atoms with Crippen LogP contribution in [0.15, 0.2) is 79.0 Å².